The summed E-state index contributed by atoms with van der Waals surface area (Å²) < 4.78 is 5.63. The fourth-order valence-corrected chi connectivity index (χ4v) is 2.04. The van der Waals surface area contributed by atoms with Crippen molar-refractivity contribution in [1.29, 1.82) is 0 Å². The van der Waals surface area contributed by atoms with Gasteiger partial charge in [0.25, 0.3) is 0 Å². The third-order valence-electron chi connectivity index (χ3n) is 2.82. The smallest absolute Gasteiger partial charge is 0.303 e. The monoisotopic (exact) mass is 265 g/mol. The number of anilines is 1. The Morgan fingerprint density at radius 2 is 2.00 bits per heavy atom. The molecular formula is C15H23NO3. The first-order valence-corrected chi connectivity index (χ1v) is 6.87. The fraction of sp³-hybridized carbons (Fsp3) is 0.533. The number of carbonyl (C=O) groups is 1. The van der Waals surface area contributed by atoms with Crippen LogP contribution in [0.5, 0.6) is 5.75 Å². The number of hydrogen-bond donors (Lipinski definition) is 1. The maximum atomic E-state index is 10.6. The normalized spacial score (nSPS) is 10.2. The van der Waals surface area contributed by atoms with Crippen molar-refractivity contribution >= 4 is 11.7 Å². The molecule has 0 aliphatic carbocycles. The lowest BCUT2D eigenvalue weighted by Gasteiger charge is -2.26. The van der Waals surface area contributed by atoms with Gasteiger partial charge in [-0.3, -0.25) is 4.79 Å². The highest BCUT2D eigenvalue weighted by Crippen LogP contribution is 2.28. The number of benzene rings is 1. The van der Waals surface area contributed by atoms with Gasteiger partial charge in [-0.2, -0.15) is 0 Å². The average molecular weight is 265 g/mol. The summed E-state index contributed by atoms with van der Waals surface area (Å²) in [4.78, 5) is 12.8. The number of rotatable bonds is 9. The molecule has 0 saturated carbocycles. The van der Waals surface area contributed by atoms with Crippen molar-refractivity contribution in [2.45, 2.75) is 33.1 Å². The predicted octanol–water partition coefficient (Wildman–Crippen LogP) is 3.17. The predicted molar refractivity (Wildman–Crippen MR) is 77.0 cm³/mol. The van der Waals surface area contributed by atoms with E-state index in [4.69, 9.17) is 9.84 Å². The minimum atomic E-state index is -0.741. The van der Waals surface area contributed by atoms with Gasteiger partial charge in [0.1, 0.15) is 5.75 Å². The molecule has 0 amide bonds. The lowest BCUT2D eigenvalue weighted by atomic mass is 10.2. The van der Waals surface area contributed by atoms with Gasteiger partial charge in [-0.1, -0.05) is 19.1 Å². The van der Waals surface area contributed by atoms with Crippen LogP contribution < -0.4 is 9.64 Å². The lowest BCUT2D eigenvalue weighted by molar-refractivity contribution is -0.137. The maximum absolute atomic E-state index is 10.6. The van der Waals surface area contributed by atoms with E-state index in [9.17, 15) is 4.79 Å². The summed E-state index contributed by atoms with van der Waals surface area (Å²) >= 11 is 0. The summed E-state index contributed by atoms with van der Waals surface area (Å²) in [5.41, 5.74) is 1.05. The van der Waals surface area contributed by atoms with E-state index in [0.717, 1.165) is 30.9 Å². The lowest BCUT2D eigenvalue weighted by Crippen LogP contribution is -2.26. The Labute approximate surface area is 115 Å². The van der Waals surface area contributed by atoms with Crippen LogP contribution in [0.3, 0.4) is 0 Å². The van der Waals surface area contributed by atoms with Crippen molar-refractivity contribution in [2.75, 3.05) is 24.6 Å². The first-order valence-electron chi connectivity index (χ1n) is 6.87. The highest BCUT2D eigenvalue weighted by molar-refractivity contribution is 5.66. The molecule has 0 atom stereocenters. The van der Waals surface area contributed by atoms with Crippen LogP contribution in [0.25, 0.3) is 0 Å². The summed E-state index contributed by atoms with van der Waals surface area (Å²) in [7, 11) is 0. The second-order valence-corrected chi connectivity index (χ2v) is 4.39. The third kappa shape index (κ3) is 5.20. The summed E-state index contributed by atoms with van der Waals surface area (Å²) in [6.07, 6.45) is 1.88. The van der Waals surface area contributed by atoms with Gasteiger partial charge in [-0.05, 0) is 31.9 Å². The van der Waals surface area contributed by atoms with Crippen LogP contribution in [0.2, 0.25) is 0 Å². The van der Waals surface area contributed by atoms with Gasteiger partial charge in [0, 0.05) is 19.5 Å². The van der Waals surface area contributed by atoms with Crippen LogP contribution in [-0.4, -0.2) is 30.8 Å². The second-order valence-electron chi connectivity index (χ2n) is 4.39. The molecule has 0 bridgehead atoms. The molecule has 4 heteroatoms. The molecule has 106 valence electrons. The Hall–Kier alpha value is -1.71. The number of carboxylic acid groups (broad SMARTS) is 1. The van der Waals surface area contributed by atoms with Crippen molar-refractivity contribution < 1.29 is 14.6 Å². The number of para-hydroxylation sites is 2. The Morgan fingerprint density at radius 1 is 1.26 bits per heavy atom. The highest BCUT2D eigenvalue weighted by atomic mass is 16.5. The van der Waals surface area contributed by atoms with Crippen molar-refractivity contribution in [3.05, 3.63) is 24.3 Å². The Balaban J connectivity index is 2.76. The van der Waals surface area contributed by atoms with E-state index in [2.05, 4.69) is 11.8 Å². The Morgan fingerprint density at radius 3 is 2.63 bits per heavy atom. The molecule has 0 unspecified atom stereocenters. The van der Waals surface area contributed by atoms with E-state index in [1.807, 2.05) is 31.2 Å². The van der Waals surface area contributed by atoms with Gasteiger partial charge >= 0.3 is 5.97 Å². The molecule has 0 aromatic heterocycles. The molecule has 0 aliphatic heterocycles. The molecule has 0 saturated heterocycles. The van der Waals surface area contributed by atoms with Crippen molar-refractivity contribution in [3.63, 3.8) is 0 Å². The fourth-order valence-electron chi connectivity index (χ4n) is 2.04. The topological polar surface area (TPSA) is 49.8 Å². The molecule has 0 heterocycles. The molecule has 19 heavy (non-hydrogen) atoms. The molecule has 1 rings (SSSR count). The van der Waals surface area contributed by atoms with E-state index >= 15 is 0 Å². The van der Waals surface area contributed by atoms with E-state index in [1.54, 1.807) is 0 Å². The zero-order valence-electron chi connectivity index (χ0n) is 11.8. The van der Waals surface area contributed by atoms with Crippen LogP contribution in [0, 0.1) is 0 Å². The van der Waals surface area contributed by atoms with Gasteiger partial charge in [0.05, 0.1) is 12.3 Å². The van der Waals surface area contributed by atoms with Crippen LogP contribution in [0.1, 0.15) is 33.1 Å². The SMILES string of the molecule is CCCN(CCCC(=O)O)c1ccccc1OCC. The van der Waals surface area contributed by atoms with Gasteiger partial charge in [-0.25, -0.2) is 0 Å². The molecular weight excluding hydrogens is 242 g/mol. The zero-order valence-corrected chi connectivity index (χ0v) is 11.8. The summed E-state index contributed by atoms with van der Waals surface area (Å²) in [6, 6.07) is 7.92. The Bertz CT molecular complexity index is 393. The molecule has 0 fully saturated rings. The molecule has 1 aromatic carbocycles. The first-order chi connectivity index (χ1) is 9.19. The molecule has 0 aliphatic rings. The van der Waals surface area contributed by atoms with E-state index < -0.39 is 5.97 Å². The van der Waals surface area contributed by atoms with E-state index in [-0.39, 0.29) is 6.42 Å². The van der Waals surface area contributed by atoms with Gasteiger partial charge in [-0.15, -0.1) is 0 Å². The molecule has 1 N–H and O–H groups in total. The summed E-state index contributed by atoms with van der Waals surface area (Å²) in [6.45, 7) is 6.36. The van der Waals surface area contributed by atoms with Crippen molar-refractivity contribution in [2.24, 2.45) is 0 Å². The minimum absolute atomic E-state index is 0.205. The standard InChI is InChI=1S/C15H23NO3/c1-3-11-16(12-7-10-15(17)18)13-8-5-6-9-14(13)19-4-2/h5-6,8-9H,3-4,7,10-12H2,1-2H3,(H,17,18). The van der Waals surface area contributed by atoms with Gasteiger partial charge in [0.15, 0.2) is 0 Å². The number of aliphatic carboxylic acids is 1. The molecule has 4 nitrogen and oxygen atoms in total. The van der Waals surface area contributed by atoms with Crippen LogP contribution in [0.4, 0.5) is 5.69 Å². The molecule has 0 radical (unpaired) electrons. The van der Waals surface area contributed by atoms with Crippen molar-refractivity contribution in [1.82, 2.24) is 0 Å². The second kappa shape index (κ2) is 8.40. The van der Waals surface area contributed by atoms with Gasteiger partial charge < -0.3 is 14.7 Å². The largest absolute Gasteiger partial charge is 0.492 e. The van der Waals surface area contributed by atoms with Gasteiger partial charge in [0.2, 0.25) is 0 Å². The van der Waals surface area contributed by atoms with Crippen LogP contribution in [0.15, 0.2) is 24.3 Å². The zero-order chi connectivity index (χ0) is 14.1. The van der Waals surface area contributed by atoms with Crippen LogP contribution >= 0.6 is 0 Å². The number of nitrogens with zero attached hydrogens (tertiary/aromatic N) is 1. The van der Waals surface area contributed by atoms with Crippen LogP contribution in [-0.2, 0) is 4.79 Å². The average Bonchev–Trinajstić information content (AvgIpc) is 2.38. The Kier molecular flexibility index (Phi) is 6.79. The quantitative estimate of drug-likeness (QED) is 0.745. The van der Waals surface area contributed by atoms with E-state index in [0.29, 0.717) is 13.0 Å². The number of hydrogen-bond acceptors (Lipinski definition) is 3. The minimum Gasteiger partial charge on any atom is -0.492 e. The third-order valence-corrected chi connectivity index (χ3v) is 2.82. The highest BCUT2D eigenvalue weighted by Gasteiger charge is 2.11. The number of carboxylic acids is 1. The summed E-state index contributed by atoms with van der Waals surface area (Å²) in [5.74, 6) is 0.128. The summed E-state index contributed by atoms with van der Waals surface area (Å²) in [5, 5.41) is 8.72. The number of ether oxygens (including phenoxy) is 1. The first kappa shape index (κ1) is 15.3. The molecule has 1 aromatic rings. The maximum Gasteiger partial charge on any atom is 0.303 e. The van der Waals surface area contributed by atoms with E-state index in [1.165, 1.54) is 0 Å². The molecule has 0 spiro atoms. The van der Waals surface area contributed by atoms with Crippen molar-refractivity contribution in [3.8, 4) is 5.75 Å².